The fourth-order valence-corrected chi connectivity index (χ4v) is 1.29. The maximum absolute atomic E-state index is 12.9. The Hall–Kier alpha value is -1.40. The molecule has 0 aromatic heterocycles. The highest BCUT2D eigenvalue weighted by Gasteiger charge is 2.09. The average Bonchev–Trinajstić information content (AvgIpc) is 2.08. The fraction of sp³-hybridized carbons (Fsp3) is 0.300. The van der Waals surface area contributed by atoms with E-state index in [2.05, 4.69) is 0 Å². The molecule has 0 saturated carbocycles. The molecule has 0 heterocycles. The molecule has 2 nitrogen and oxygen atoms in total. The zero-order chi connectivity index (χ0) is 10.0. The second kappa shape index (κ2) is 3.55. The zero-order valence-corrected chi connectivity index (χ0v) is 7.63. The van der Waals surface area contributed by atoms with E-state index in [1.165, 1.54) is 12.1 Å². The van der Waals surface area contributed by atoms with Crippen molar-refractivity contribution in [2.75, 3.05) is 0 Å². The van der Waals surface area contributed by atoms with Gasteiger partial charge in [0.05, 0.1) is 11.6 Å². The van der Waals surface area contributed by atoms with Gasteiger partial charge in [-0.3, -0.25) is 0 Å². The van der Waals surface area contributed by atoms with Crippen LogP contribution in [0, 0.1) is 24.1 Å². The molecule has 0 bridgehead atoms. The van der Waals surface area contributed by atoms with Gasteiger partial charge < -0.3 is 5.73 Å². The van der Waals surface area contributed by atoms with Crippen molar-refractivity contribution in [2.24, 2.45) is 5.73 Å². The van der Waals surface area contributed by atoms with Crippen LogP contribution in [0.5, 0.6) is 0 Å². The number of rotatable bonds is 1. The topological polar surface area (TPSA) is 49.8 Å². The minimum atomic E-state index is -0.408. The van der Waals surface area contributed by atoms with Gasteiger partial charge in [0.2, 0.25) is 0 Å². The molecule has 0 aliphatic rings. The van der Waals surface area contributed by atoms with Crippen molar-refractivity contribution in [3.05, 3.63) is 34.6 Å². The van der Waals surface area contributed by atoms with Crippen LogP contribution in [0.15, 0.2) is 12.1 Å². The number of hydrogen-bond donors (Lipinski definition) is 1. The number of nitrogens with zero attached hydrogens (tertiary/aromatic N) is 1. The van der Waals surface area contributed by atoms with Crippen LogP contribution in [0.4, 0.5) is 4.39 Å². The number of benzene rings is 1. The molecule has 68 valence electrons. The van der Waals surface area contributed by atoms with E-state index in [1.54, 1.807) is 13.8 Å². The van der Waals surface area contributed by atoms with Gasteiger partial charge in [0, 0.05) is 6.04 Å². The number of nitrogens with two attached hydrogens (primary N) is 1. The highest BCUT2D eigenvalue weighted by atomic mass is 19.1. The van der Waals surface area contributed by atoms with Crippen molar-refractivity contribution < 1.29 is 4.39 Å². The summed E-state index contributed by atoms with van der Waals surface area (Å²) in [5.74, 6) is -0.408. The Morgan fingerprint density at radius 3 is 2.62 bits per heavy atom. The molecule has 1 aromatic rings. The molecular weight excluding hydrogens is 167 g/mol. The molecule has 0 amide bonds. The monoisotopic (exact) mass is 178 g/mol. The first-order chi connectivity index (χ1) is 6.06. The number of hydrogen-bond acceptors (Lipinski definition) is 2. The lowest BCUT2D eigenvalue weighted by atomic mass is 9.98. The van der Waals surface area contributed by atoms with E-state index in [-0.39, 0.29) is 6.04 Å². The Balaban J connectivity index is 3.38. The van der Waals surface area contributed by atoms with Crippen LogP contribution >= 0.6 is 0 Å². The zero-order valence-electron chi connectivity index (χ0n) is 7.63. The predicted octanol–water partition coefficient (Wildman–Crippen LogP) is 2.03. The standard InChI is InChI=1S/C10H11FN2/c1-6-8(5-12)3-9(11)4-10(6)7(2)13/h3-4,7H,13H2,1-2H3. The second-order valence-corrected chi connectivity index (χ2v) is 3.07. The quantitative estimate of drug-likeness (QED) is 0.715. The Labute approximate surface area is 76.8 Å². The molecule has 0 spiro atoms. The highest BCUT2D eigenvalue weighted by Crippen LogP contribution is 2.20. The Kier molecular flexibility index (Phi) is 2.64. The first-order valence-electron chi connectivity index (χ1n) is 4.02. The second-order valence-electron chi connectivity index (χ2n) is 3.07. The molecule has 0 saturated heterocycles. The third kappa shape index (κ3) is 1.85. The first-order valence-corrected chi connectivity index (χ1v) is 4.02. The predicted molar refractivity (Wildman–Crippen MR) is 48.5 cm³/mol. The number of nitriles is 1. The van der Waals surface area contributed by atoms with E-state index in [1.807, 2.05) is 6.07 Å². The van der Waals surface area contributed by atoms with Crippen molar-refractivity contribution in [3.8, 4) is 6.07 Å². The van der Waals surface area contributed by atoms with E-state index in [4.69, 9.17) is 11.0 Å². The molecule has 0 fully saturated rings. The fourth-order valence-electron chi connectivity index (χ4n) is 1.29. The molecule has 2 N–H and O–H groups in total. The van der Waals surface area contributed by atoms with E-state index in [0.717, 1.165) is 5.56 Å². The third-order valence-electron chi connectivity index (χ3n) is 2.02. The van der Waals surface area contributed by atoms with Gasteiger partial charge in [-0.2, -0.15) is 5.26 Å². The van der Waals surface area contributed by atoms with E-state index in [0.29, 0.717) is 11.1 Å². The van der Waals surface area contributed by atoms with Gasteiger partial charge in [-0.05, 0) is 37.1 Å². The van der Waals surface area contributed by atoms with Gasteiger partial charge in [-0.1, -0.05) is 0 Å². The van der Waals surface area contributed by atoms with Gasteiger partial charge >= 0.3 is 0 Å². The minimum absolute atomic E-state index is 0.247. The summed E-state index contributed by atoms with van der Waals surface area (Å²) in [4.78, 5) is 0. The highest BCUT2D eigenvalue weighted by molar-refractivity contribution is 5.43. The Bertz CT molecular complexity index is 364. The lowest BCUT2D eigenvalue weighted by Crippen LogP contribution is -2.08. The molecule has 1 rings (SSSR count). The lowest BCUT2D eigenvalue weighted by molar-refractivity contribution is 0.620. The van der Waals surface area contributed by atoms with Crippen molar-refractivity contribution in [1.29, 1.82) is 5.26 Å². The third-order valence-corrected chi connectivity index (χ3v) is 2.02. The molecule has 0 radical (unpaired) electrons. The smallest absolute Gasteiger partial charge is 0.124 e. The molecule has 13 heavy (non-hydrogen) atoms. The van der Waals surface area contributed by atoms with Crippen LogP contribution in [0.25, 0.3) is 0 Å². The average molecular weight is 178 g/mol. The summed E-state index contributed by atoms with van der Waals surface area (Å²) in [5.41, 5.74) is 7.44. The van der Waals surface area contributed by atoms with E-state index >= 15 is 0 Å². The molecule has 1 aromatic carbocycles. The summed E-state index contributed by atoms with van der Waals surface area (Å²) >= 11 is 0. The van der Waals surface area contributed by atoms with Crippen LogP contribution in [0.3, 0.4) is 0 Å². The first kappa shape index (κ1) is 9.69. The van der Waals surface area contributed by atoms with E-state index < -0.39 is 5.82 Å². The van der Waals surface area contributed by atoms with Gasteiger partial charge in [-0.15, -0.1) is 0 Å². The summed E-state index contributed by atoms with van der Waals surface area (Å²) in [7, 11) is 0. The van der Waals surface area contributed by atoms with E-state index in [9.17, 15) is 4.39 Å². The van der Waals surface area contributed by atoms with Crippen LogP contribution in [0.2, 0.25) is 0 Å². The molecule has 3 heteroatoms. The molecule has 1 unspecified atom stereocenters. The summed E-state index contributed by atoms with van der Waals surface area (Å²) < 4.78 is 12.9. The normalized spacial score (nSPS) is 12.2. The molecule has 0 aliphatic heterocycles. The van der Waals surface area contributed by atoms with Crippen molar-refractivity contribution in [2.45, 2.75) is 19.9 Å². The maximum Gasteiger partial charge on any atom is 0.124 e. The van der Waals surface area contributed by atoms with Crippen LogP contribution < -0.4 is 5.73 Å². The molecular formula is C10H11FN2. The van der Waals surface area contributed by atoms with Crippen LogP contribution in [-0.4, -0.2) is 0 Å². The van der Waals surface area contributed by atoms with Gasteiger partial charge in [0.1, 0.15) is 5.82 Å². The van der Waals surface area contributed by atoms with Crippen molar-refractivity contribution in [1.82, 2.24) is 0 Å². The lowest BCUT2D eigenvalue weighted by Gasteiger charge is -2.10. The molecule has 0 aliphatic carbocycles. The number of halogens is 1. The van der Waals surface area contributed by atoms with Gasteiger partial charge in [0.25, 0.3) is 0 Å². The van der Waals surface area contributed by atoms with Gasteiger partial charge in [-0.25, -0.2) is 4.39 Å². The summed E-state index contributed by atoms with van der Waals surface area (Å²) in [6.07, 6.45) is 0. The van der Waals surface area contributed by atoms with Gasteiger partial charge in [0.15, 0.2) is 0 Å². The largest absolute Gasteiger partial charge is 0.324 e. The van der Waals surface area contributed by atoms with Crippen LogP contribution in [-0.2, 0) is 0 Å². The van der Waals surface area contributed by atoms with Crippen LogP contribution in [0.1, 0.15) is 29.7 Å². The summed E-state index contributed by atoms with van der Waals surface area (Å²) in [6.45, 7) is 3.54. The Morgan fingerprint density at radius 2 is 2.15 bits per heavy atom. The molecule has 1 atom stereocenters. The minimum Gasteiger partial charge on any atom is -0.324 e. The Morgan fingerprint density at radius 1 is 1.54 bits per heavy atom. The maximum atomic E-state index is 12.9. The summed E-state index contributed by atoms with van der Waals surface area (Å²) in [5, 5.41) is 8.69. The SMILES string of the molecule is Cc1c(C#N)cc(F)cc1C(C)N. The van der Waals surface area contributed by atoms with Crippen molar-refractivity contribution in [3.63, 3.8) is 0 Å². The summed E-state index contributed by atoms with van der Waals surface area (Å²) in [6, 6.07) is 4.29. The van der Waals surface area contributed by atoms with Crippen molar-refractivity contribution >= 4 is 0 Å².